The van der Waals surface area contributed by atoms with Crippen LogP contribution in [0, 0.1) is 5.41 Å². The summed E-state index contributed by atoms with van der Waals surface area (Å²) in [5.74, 6) is 0.837. The molecule has 0 bridgehead atoms. The maximum absolute atomic E-state index is 10.6. The average molecular weight is 285 g/mol. The molecular weight excluding hydrogens is 268 g/mol. The zero-order valence-corrected chi connectivity index (χ0v) is 11.5. The molecule has 16 heavy (non-hydrogen) atoms. The second-order valence-corrected chi connectivity index (χ2v) is 5.52. The molecule has 0 aliphatic rings. The largest absolute Gasteiger partial charge is 0.497 e. The molecule has 0 unspecified atom stereocenters. The fourth-order valence-corrected chi connectivity index (χ4v) is 2.11. The van der Waals surface area contributed by atoms with Crippen molar-refractivity contribution < 1.29 is 9.53 Å². The van der Waals surface area contributed by atoms with E-state index >= 15 is 0 Å². The van der Waals surface area contributed by atoms with E-state index < -0.39 is 0 Å². The van der Waals surface area contributed by atoms with Crippen molar-refractivity contribution >= 4 is 22.2 Å². The van der Waals surface area contributed by atoms with Crippen LogP contribution in [0.3, 0.4) is 0 Å². The summed E-state index contributed by atoms with van der Waals surface area (Å²) >= 11 is 3.52. The molecular formula is C13H17BrO2. The van der Waals surface area contributed by atoms with Gasteiger partial charge in [-0.2, -0.15) is 0 Å². The zero-order chi connectivity index (χ0) is 12.2. The fraction of sp³-hybridized carbons (Fsp3) is 0.462. The highest BCUT2D eigenvalue weighted by atomic mass is 79.9. The van der Waals surface area contributed by atoms with Crippen LogP contribution < -0.4 is 4.74 Å². The van der Waals surface area contributed by atoms with E-state index in [-0.39, 0.29) is 5.41 Å². The van der Waals surface area contributed by atoms with Crippen LogP contribution in [0.2, 0.25) is 0 Å². The highest BCUT2D eigenvalue weighted by Crippen LogP contribution is 2.30. The van der Waals surface area contributed by atoms with Gasteiger partial charge in [-0.25, -0.2) is 0 Å². The Kier molecular flexibility index (Phi) is 4.54. The maximum Gasteiger partial charge on any atom is 0.120 e. The van der Waals surface area contributed by atoms with Crippen molar-refractivity contribution in [3.05, 3.63) is 28.2 Å². The minimum absolute atomic E-state index is 0.00113. The molecule has 0 aliphatic carbocycles. The minimum atomic E-state index is -0.00113. The second kappa shape index (κ2) is 5.48. The molecule has 0 heterocycles. The van der Waals surface area contributed by atoms with Crippen LogP contribution in [0.1, 0.15) is 25.8 Å². The molecule has 0 fully saturated rings. The molecule has 3 heteroatoms. The van der Waals surface area contributed by atoms with Crippen LogP contribution in [0.25, 0.3) is 0 Å². The molecule has 0 amide bonds. The predicted molar refractivity (Wildman–Crippen MR) is 68.9 cm³/mol. The van der Waals surface area contributed by atoms with E-state index in [1.54, 1.807) is 7.11 Å². The summed E-state index contributed by atoms with van der Waals surface area (Å²) in [6.45, 7) is 4.19. The number of ether oxygens (including phenoxy) is 1. The van der Waals surface area contributed by atoms with E-state index in [2.05, 4.69) is 29.8 Å². The Morgan fingerprint density at radius 1 is 1.44 bits per heavy atom. The molecule has 0 aliphatic heterocycles. The summed E-state index contributed by atoms with van der Waals surface area (Å²) in [5, 5.41) is 0. The van der Waals surface area contributed by atoms with E-state index in [0.717, 1.165) is 22.9 Å². The Bertz CT molecular complexity index is 372. The highest BCUT2D eigenvalue weighted by molar-refractivity contribution is 9.10. The number of carbonyl (C=O) groups excluding carboxylic acids is 1. The molecule has 0 spiro atoms. The van der Waals surface area contributed by atoms with Gasteiger partial charge in [0.2, 0.25) is 0 Å². The van der Waals surface area contributed by atoms with Crippen molar-refractivity contribution in [3.63, 3.8) is 0 Å². The Morgan fingerprint density at radius 3 is 2.62 bits per heavy atom. The van der Waals surface area contributed by atoms with Crippen molar-refractivity contribution in [1.29, 1.82) is 0 Å². The van der Waals surface area contributed by atoms with Gasteiger partial charge in [0.15, 0.2) is 0 Å². The first-order valence-corrected chi connectivity index (χ1v) is 6.04. The van der Waals surface area contributed by atoms with Crippen molar-refractivity contribution in [2.45, 2.75) is 26.7 Å². The highest BCUT2D eigenvalue weighted by Gasteiger charge is 2.19. The summed E-state index contributed by atoms with van der Waals surface area (Å²) in [6.07, 6.45) is 2.43. The number of benzene rings is 1. The Morgan fingerprint density at radius 2 is 2.12 bits per heavy atom. The Labute approximate surface area is 105 Å². The third-order valence-corrected chi connectivity index (χ3v) is 3.30. The van der Waals surface area contributed by atoms with Crippen molar-refractivity contribution in [2.24, 2.45) is 5.41 Å². The molecule has 0 atom stereocenters. The van der Waals surface area contributed by atoms with Gasteiger partial charge in [-0.15, -0.1) is 0 Å². The number of aldehydes is 1. The van der Waals surface area contributed by atoms with Gasteiger partial charge in [0.1, 0.15) is 12.0 Å². The van der Waals surface area contributed by atoms with Crippen LogP contribution in [0.15, 0.2) is 22.7 Å². The van der Waals surface area contributed by atoms with Crippen LogP contribution in [0.4, 0.5) is 0 Å². The summed E-state index contributed by atoms with van der Waals surface area (Å²) in [7, 11) is 1.65. The third kappa shape index (κ3) is 3.63. The van der Waals surface area contributed by atoms with Gasteiger partial charge in [0, 0.05) is 10.9 Å². The molecule has 1 rings (SSSR count). The standard InChI is InChI=1S/C13H17BrO2/c1-13(2,6-7-15)9-10-4-5-11(16-3)8-12(10)14/h4-5,7-8H,6,9H2,1-3H3. The summed E-state index contributed by atoms with van der Waals surface area (Å²) in [4.78, 5) is 10.6. The number of methoxy groups -OCH3 is 1. The quantitative estimate of drug-likeness (QED) is 0.772. The lowest BCUT2D eigenvalue weighted by Crippen LogP contribution is -2.15. The topological polar surface area (TPSA) is 26.3 Å². The lowest BCUT2D eigenvalue weighted by molar-refractivity contribution is -0.109. The molecule has 0 saturated carbocycles. The molecule has 0 aromatic heterocycles. The van der Waals surface area contributed by atoms with Crippen LogP contribution in [-0.2, 0) is 11.2 Å². The van der Waals surface area contributed by atoms with Gasteiger partial charge in [-0.1, -0.05) is 35.8 Å². The number of rotatable bonds is 5. The molecule has 0 N–H and O–H groups in total. The van der Waals surface area contributed by atoms with E-state index in [1.165, 1.54) is 5.56 Å². The van der Waals surface area contributed by atoms with E-state index in [1.807, 2.05) is 18.2 Å². The van der Waals surface area contributed by atoms with Gasteiger partial charge in [-0.05, 0) is 29.5 Å². The molecule has 0 radical (unpaired) electrons. The number of hydrogen-bond acceptors (Lipinski definition) is 2. The maximum atomic E-state index is 10.6. The van der Waals surface area contributed by atoms with Gasteiger partial charge < -0.3 is 9.53 Å². The minimum Gasteiger partial charge on any atom is -0.497 e. The first-order chi connectivity index (χ1) is 7.48. The number of hydrogen-bond donors (Lipinski definition) is 0. The van der Waals surface area contributed by atoms with E-state index in [0.29, 0.717) is 6.42 Å². The monoisotopic (exact) mass is 284 g/mol. The van der Waals surface area contributed by atoms with Gasteiger partial charge in [0.05, 0.1) is 7.11 Å². The lowest BCUT2D eigenvalue weighted by Gasteiger charge is -2.22. The smallest absolute Gasteiger partial charge is 0.120 e. The average Bonchev–Trinajstić information content (AvgIpc) is 2.20. The first-order valence-electron chi connectivity index (χ1n) is 5.24. The summed E-state index contributed by atoms with van der Waals surface area (Å²) < 4.78 is 6.17. The van der Waals surface area contributed by atoms with Crippen molar-refractivity contribution in [1.82, 2.24) is 0 Å². The van der Waals surface area contributed by atoms with Crippen LogP contribution >= 0.6 is 15.9 Å². The SMILES string of the molecule is COc1ccc(CC(C)(C)CC=O)c(Br)c1. The van der Waals surface area contributed by atoms with Gasteiger partial charge in [-0.3, -0.25) is 0 Å². The fourth-order valence-electron chi connectivity index (χ4n) is 1.61. The second-order valence-electron chi connectivity index (χ2n) is 4.67. The van der Waals surface area contributed by atoms with Gasteiger partial charge in [0.25, 0.3) is 0 Å². The molecule has 2 nitrogen and oxygen atoms in total. The Hall–Kier alpha value is -0.830. The predicted octanol–water partition coefficient (Wildman–Crippen LogP) is 3.62. The van der Waals surface area contributed by atoms with Crippen LogP contribution in [0.5, 0.6) is 5.75 Å². The summed E-state index contributed by atoms with van der Waals surface area (Å²) in [6, 6.07) is 5.93. The van der Waals surface area contributed by atoms with E-state index in [4.69, 9.17) is 4.74 Å². The van der Waals surface area contributed by atoms with Crippen LogP contribution in [-0.4, -0.2) is 13.4 Å². The Balaban J connectivity index is 2.85. The molecule has 0 saturated heterocycles. The van der Waals surface area contributed by atoms with Crippen molar-refractivity contribution in [2.75, 3.05) is 7.11 Å². The number of carbonyl (C=O) groups is 1. The molecule has 1 aromatic carbocycles. The van der Waals surface area contributed by atoms with E-state index in [9.17, 15) is 4.79 Å². The third-order valence-electron chi connectivity index (χ3n) is 2.57. The summed E-state index contributed by atoms with van der Waals surface area (Å²) in [5.41, 5.74) is 1.20. The normalized spacial score (nSPS) is 11.2. The molecule has 88 valence electrons. The molecule has 1 aromatic rings. The van der Waals surface area contributed by atoms with Crippen molar-refractivity contribution in [3.8, 4) is 5.75 Å². The number of halogens is 1. The first kappa shape index (κ1) is 13.2. The van der Waals surface area contributed by atoms with Gasteiger partial charge >= 0.3 is 0 Å². The lowest BCUT2D eigenvalue weighted by atomic mass is 9.83. The zero-order valence-electron chi connectivity index (χ0n) is 9.92.